The maximum absolute atomic E-state index is 13.8. The van der Waals surface area contributed by atoms with Crippen molar-refractivity contribution in [3.8, 4) is 11.5 Å². The summed E-state index contributed by atoms with van der Waals surface area (Å²) in [6, 6.07) is 20.1. The van der Waals surface area contributed by atoms with Gasteiger partial charge in [0.25, 0.3) is 5.91 Å². The van der Waals surface area contributed by atoms with Gasteiger partial charge in [0, 0.05) is 43.0 Å². The summed E-state index contributed by atoms with van der Waals surface area (Å²) < 4.78 is 38.1. The van der Waals surface area contributed by atoms with Crippen LogP contribution in [0.15, 0.2) is 66.7 Å². The zero-order valence-electron chi connectivity index (χ0n) is 21.1. The predicted molar refractivity (Wildman–Crippen MR) is 147 cm³/mol. The van der Waals surface area contributed by atoms with Crippen LogP contribution in [0.5, 0.6) is 11.5 Å². The number of carbonyl (C=O) groups excluding carboxylic acids is 1. The number of hydrogen-bond donors (Lipinski definition) is 0. The van der Waals surface area contributed by atoms with E-state index in [1.54, 1.807) is 41.3 Å². The van der Waals surface area contributed by atoms with Crippen molar-refractivity contribution < 1.29 is 22.7 Å². The maximum Gasteiger partial charge on any atom is 0.256 e. The van der Waals surface area contributed by atoms with Crippen LogP contribution in [-0.2, 0) is 16.6 Å². The van der Waals surface area contributed by atoms with Crippen molar-refractivity contribution in [3.05, 3.63) is 82.9 Å². The molecule has 0 N–H and O–H groups in total. The van der Waals surface area contributed by atoms with Crippen LogP contribution in [0, 0.1) is 0 Å². The van der Waals surface area contributed by atoms with Crippen LogP contribution < -0.4 is 18.7 Å². The molecule has 3 aromatic rings. The number of nitrogens with zero attached hydrogens (tertiary/aromatic N) is 3. The summed E-state index contributed by atoms with van der Waals surface area (Å²) in [6.45, 7) is 2.35. The van der Waals surface area contributed by atoms with E-state index in [2.05, 4.69) is 4.90 Å². The molecule has 4 rings (SSSR count). The lowest BCUT2D eigenvalue weighted by Gasteiger charge is -2.37. The summed E-state index contributed by atoms with van der Waals surface area (Å²) in [6.07, 6.45) is 1.12. The van der Waals surface area contributed by atoms with Crippen molar-refractivity contribution in [3.63, 3.8) is 0 Å². The molecule has 1 fully saturated rings. The molecule has 0 saturated carbocycles. The van der Waals surface area contributed by atoms with Crippen molar-refractivity contribution in [1.82, 2.24) is 4.90 Å². The number of halogens is 1. The van der Waals surface area contributed by atoms with Gasteiger partial charge in [-0.1, -0.05) is 41.9 Å². The fraction of sp³-hybridized carbons (Fsp3) is 0.296. The molecule has 196 valence electrons. The van der Waals surface area contributed by atoms with Crippen LogP contribution in [0.4, 0.5) is 11.4 Å². The summed E-state index contributed by atoms with van der Waals surface area (Å²) in [5, 5.41) is 0.547. The average Bonchev–Trinajstić information content (AvgIpc) is 2.91. The van der Waals surface area contributed by atoms with Gasteiger partial charge in [-0.3, -0.25) is 9.10 Å². The summed E-state index contributed by atoms with van der Waals surface area (Å²) in [5.41, 5.74) is 2.28. The molecule has 0 atom stereocenters. The first-order valence-electron chi connectivity index (χ1n) is 11.8. The number of rotatable bonds is 8. The Bertz CT molecular complexity index is 1340. The van der Waals surface area contributed by atoms with Crippen LogP contribution in [0.25, 0.3) is 0 Å². The Morgan fingerprint density at radius 3 is 2.08 bits per heavy atom. The van der Waals surface area contributed by atoms with Crippen molar-refractivity contribution in [2.45, 2.75) is 6.54 Å². The van der Waals surface area contributed by atoms with Crippen molar-refractivity contribution in [2.24, 2.45) is 0 Å². The fourth-order valence-corrected chi connectivity index (χ4v) is 5.38. The normalized spacial score (nSPS) is 13.8. The van der Waals surface area contributed by atoms with Gasteiger partial charge in [-0.05, 0) is 35.9 Å². The number of hydrogen-bond acceptors (Lipinski definition) is 6. The Morgan fingerprint density at radius 2 is 1.51 bits per heavy atom. The molecule has 1 heterocycles. The number of piperazine rings is 1. The highest BCUT2D eigenvalue weighted by molar-refractivity contribution is 7.92. The van der Waals surface area contributed by atoms with Gasteiger partial charge in [-0.2, -0.15) is 0 Å². The van der Waals surface area contributed by atoms with Crippen LogP contribution in [-0.4, -0.2) is 65.9 Å². The number of carbonyl (C=O) groups is 1. The molecule has 0 aromatic heterocycles. The van der Waals surface area contributed by atoms with Crippen molar-refractivity contribution >= 4 is 38.9 Å². The standard InChI is InChI=1S/C27H30ClN3O5S/c1-35-25-17-23(27(32)30-15-13-29(14-16-30)22-7-5-4-6-8-22)24(18-26(25)36-2)31(37(3,33)34)19-20-9-11-21(28)12-10-20/h4-12,17-18H,13-16,19H2,1-3H3. The second-order valence-corrected chi connectivity index (χ2v) is 11.1. The summed E-state index contributed by atoms with van der Waals surface area (Å²) >= 11 is 6.01. The molecular weight excluding hydrogens is 514 g/mol. The lowest BCUT2D eigenvalue weighted by Crippen LogP contribution is -2.49. The van der Waals surface area contributed by atoms with E-state index in [-0.39, 0.29) is 23.7 Å². The topological polar surface area (TPSA) is 79.4 Å². The number of amides is 1. The van der Waals surface area contributed by atoms with Gasteiger partial charge in [-0.15, -0.1) is 0 Å². The molecule has 0 aliphatic carbocycles. The molecular formula is C27H30ClN3O5S. The highest BCUT2D eigenvalue weighted by Gasteiger charge is 2.30. The van der Waals surface area contributed by atoms with Gasteiger partial charge in [-0.25, -0.2) is 8.42 Å². The molecule has 0 unspecified atom stereocenters. The first-order valence-corrected chi connectivity index (χ1v) is 14.0. The summed E-state index contributed by atoms with van der Waals surface area (Å²) in [7, 11) is -0.831. The number of sulfonamides is 1. The first-order chi connectivity index (χ1) is 17.7. The minimum atomic E-state index is -3.78. The third kappa shape index (κ3) is 6.11. The lowest BCUT2D eigenvalue weighted by molar-refractivity contribution is 0.0747. The lowest BCUT2D eigenvalue weighted by atomic mass is 10.1. The molecule has 37 heavy (non-hydrogen) atoms. The number of anilines is 2. The monoisotopic (exact) mass is 543 g/mol. The second kappa shape index (κ2) is 11.3. The minimum Gasteiger partial charge on any atom is -0.493 e. The molecule has 1 amide bonds. The van der Waals surface area contributed by atoms with Gasteiger partial charge < -0.3 is 19.3 Å². The number of ether oxygens (including phenoxy) is 2. The molecule has 3 aromatic carbocycles. The molecule has 0 spiro atoms. The predicted octanol–water partition coefficient (Wildman–Crippen LogP) is 4.29. The van der Waals surface area contributed by atoms with E-state index in [9.17, 15) is 13.2 Å². The summed E-state index contributed by atoms with van der Waals surface area (Å²) in [4.78, 5) is 17.8. The first kappa shape index (κ1) is 26.6. The van der Waals surface area contributed by atoms with Crippen LogP contribution in [0.3, 0.4) is 0 Å². The maximum atomic E-state index is 13.8. The van der Waals surface area contributed by atoms with Crippen molar-refractivity contribution in [2.75, 3.05) is 55.9 Å². The third-order valence-electron chi connectivity index (χ3n) is 6.33. The molecule has 1 saturated heterocycles. The van der Waals surface area contributed by atoms with Gasteiger partial charge in [0.15, 0.2) is 11.5 Å². The molecule has 8 nitrogen and oxygen atoms in total. The van der Waals surface area contributed by atoms with E-state index in [1.807, 2.05) is 30.3 Å². The van der Waals surface area contributed by atoms with E-state index in [4.69, 9.17) is 21.1 Å². The van der Waals surface area contributed by atoms with E-state index in [0.29, 0.717) is 42.7 Å². The number of benzene rings is 3. The minimum absolute atomic E-state index is 0.0214. The molecule has 0 bridgehead atoms. The Hall–Kier alpha value is -3.43. The zero-order valence-corrected chi connectivity index (χ0v) is 22.6. The average molecular weight is 544 g/mol. The van der Waals surface area contributed by atoms with E-state index in [0.717, 1.165) is 17.5 Å². The Labute approximate surface area is 223 Å². The zero-order chi connectivity index (χ0) is 26.6. The van der Waals surface area contributed by atoms with E-state index < -0.39 is 10.0 Å². The second-order valence-electron chi connectivity index (χ2n) is 8.74. The van der Waals surface area contributed by atoms with E-state index >= 15 is 0 Å². The summed E-state index contributed by atoms with van der Waals surface area (Å²) in [5.74, 6) is 0.401. The van der Waals surface area contributed by atoms with E-state index in [1.165, 1.54) is 18.5 Å². The van der Waals surface area contributed by atoms with Crippen LogP contribution in [0.1, 0.15) is 15.9 Å². The highest BCUT2D eigenvalue weighted by atomic mass is 35.5. The Balaban J connectivity index is 1.69. The third-order valence-corrected chi connectivity index (χ3v) is 7.71. The molecule has 10 heteroatoms. The Morgan fingerprint density at radius 1 is 0.919 bits per heavy atom. The molecule has 0 radical (unpaired) electrons. The largest absolute Gasteiger partial charge is 0.493 e. The smallest absolute Gasteiger partial charge is 0.256 e. The van der Waals surface area contributed by atoms with Gasteiger partial charge >= 0.3 is 0 Å². The van der Waals surface area contributed by atoms with Crippen LogP contribution >= 0.6 is 11.6 Å². The van der Waals surface area contributed by atoms with Crippen LogP contribution in [0.2, 0.25) is 5.02 Å². The fourth-order valence-electron chi connectivity index (χ4n) is 4.36. The van der Waals surface area contributed by atoms with Crippen molar-refractivity contribution in [1.29, 1.82) is 0 Å². The van der Waals surface area contributed by atoms with Gasteiger partial charge in [0.05, 0.1) is 38.3 Å². The number of para-hydroxylation sites is 1. The van der Waals surface area contributed by atoms with Gasteiger partial charge in [0.2, 0.25) is 10.0 Å². The Kier molecular flexibility index (Phi) is 8.14. The molecule has 1 aliphatic rings. The highest BCUT2D eigenvalue weighted by Crippen LogP contribution is 2.37. The SMILES string of the molecule is COc1cc(C(=O)N2CCN(c3ccccc3)CC2)c(N(Cc2ccc(Cl)cc2)S(C)(=O)=O)cc1OC. The number of methoxy groups -OCH3 is 2. The van der Waals surface area contributed by atoms with Gasteiger partial charge in [0.1, 0.15) is 0 Å². The molecule has 1 aliphatic heterocycles. The quantitative estimate of drug-likeness (QED) is 0.422.